The fourth-order valence-electron chi connectivity index (χ4n) is 6.23. The minimum Gasteiger partial charge on any atom is -0.489 e. The number of nitrogens with zero attached hydrogens (tertiary/aromatic N) is 2. The summed E-state index contributed by atoms with van der Waals surface area (Å²) in [6.07, 6.45) is 5.02. The number of imidazole rings is 1. The van der Waals surface area contributed by atoms with Crippen LogP contribution in [-0.2, 0) is 6.61 Å². The zero-order valence-corrected chi connectivity index (χ0v) is 26.0. The van der Waals surface area contributed by atoms with Crippen molar-refractivity contribution in [1.29, 1.82) is 0 Å². The van der Waals surface area contributed by atoms with Crippen molar-refractivity contribution < 1.29 is 32.6 Å². The number of hydrogen-bond donors (Lipinski definition) is 2. The lowest BCUT2D eigenvalue weighted by Gasteiger charge is -2.25. The smallest absolute Gasteiger partial charge is 0.335 e. The summed E-state index contributed by atoms with van der Waals surface area (Å²) in [5.74, 6) is -2.84. The zero-order valence-electron chi connectivity index (χ0n) is 26.0. The highest BCUT2D eigenvalue weighted by molar-refractivity contribution is 5.95. The molecule has 1 aromatic heterocycles. The number of carbonyl (C=O) groups excluding carboxylic acids is 1. The van der Waals surface area contributed by atoms with Gasteiger partial charge in [-0.15, -0.1) is 0 Å². The molecular formula is C37H34F3N3O4. The second-order valence-corrected chi connectivity index (χ2v) is 12.2. The molecule has 2 N–H and O–H groups in total. The van der Waals surface area contributed by atoms with E-state index in [1.54, 1.807) is 36.4 Å². The maximum absolute atomic E-state index is 15.9. The number of carboxylic acid groups (broad SMARTS) is 1. The minimum atomic E-state index is -1.07. The first-order valence-electron chi connectivity index (χ1n) is 15.7. The Morgan fingerprint density at radius 3 is 2.28 bits per heavy atom. The topological polar surface area (TPSA) is 93.4 Å². The summed E-state index contributed by atoms with van der Waals surface area (Å²) in [7, 11) is 0. The molecule has 1 aliphatic carbocycles. The molecule has 1 fully saturated rings. The molecule has 1 amide bonds. The Balaban J connectivity index is 1.34. The number of amides is 1. The number of ether oxygens (including phenoxy) is 1. The zero-order chi connectivity index (χ0) is 33.2. The van der Waals surface area contributed by atoms with Crippen LogP contribution < -0.4 is 10.1 Å². The number of aromatic carboxylic acids is 1. The van der Waals surface area contributed by atoms with Crippen LogP contribution in [0.15, 0.2) is 72.8 Å². The van der Waals surface area contributed by atoms with Crippen molar-refractivity contribution >= 4 is 22.9 Å². The summed E-state index contributed by atoms with van der Waals surface area (Å²) in [6.45, 7) is 3.53. The number of benzene rings is 4. The summed E-state index contributed by atoms with van der Waals surface area (Å²) in [4.78, 5) is 29.1. The van der Waals surface area contributed by atoms with Gasteiger partial charge in [-0.2, -0.15) is 0 Å². The molecule has 0 unspecified atom stereocenters. The minimum absolute atomic E-state index is 0.0974. The van der Waals surface area contributed by atoms with Crippen LogP contribution in [0.5, 0.6) is 5.75 Å². The quantitative estimate of drug-likeness (QED) is 0.168. The number of aromatic nitrogens is 2. The molecular weight excluding hydrogens is 607 g/mol. The van der Waals surface area contributed by atoms with Crippen LogP contribution in [0, 0.1) is 17.5 Å². The molecule has 0 aliphatic heterocycles. The second-order valence-electron chi connectivity index (χ2n) is 12.2. The fraction of sp³-hybridized carbons (Fsp3) is 0.270. The van der Waals surface area contributed by atoms with E-state index in [9.17, 15) is 23.5 Å². The molecule has 0 radical (unpaired) electrons. The molecule has 0 saturated heterocycles. The van der Waals surface area contributed by atoms with Crippen molar-refractivity contribution in [1.82, 2.24) is 14.9 Å². The van der Waals surface area contributed by atoms with Crippen LogP contribution in [0.1, 0.15) is 78.3 Å². The van der Waals surface area contributed by atoms with E-state index in [0.29, 0.717) is 28.0 Å². The van der Waals surface area contributed by atoms with Gasteiger partial charge in [-0.25, -0.2) is 22.9 Å². The third kappa shape index (κ3) is 6.72. The van der Waals surface area contributed by atoms with Gasteiger partial charge in [0.25, 0.3) is 5.91 Å². The Morgan fingerprint density at radius 1 is 0.872 bits per heavy atom. The molecule has 10 heteroatoms. The molecule has 242 valence electrons. The average molecular weight is 642 g/mol. The van der Waals surface area contributed by atoms with E-state index >= 15 is 4.39 Å². The number of halogens is 3. The monoisotopic (exact) mass is 641 g/mol. The van der Waals surface area contributed by atoms with E-state index in [0.717, 1.165) is 49.8 Å². The SMILES string of the molecule is CC(C)NC(=O)c1ccc(-c2ccc(F)cc2F)c(COc2ccc(-c3nc4cc(C(=O)O)ccc4n3C3CCCCC3)c(F)c2)c1. The Hall–Kier alpha value is -5.12. The predicted molar refractivity (Wildman–Crippen MR) is 173 cm³/mol. The van der Waals surface area contributed by atoms with E-state index < -0.39 is 23.4 Å². The van der Waals surface area contributed by atoms with E-state index in [1.165, 1.54) is 24.3 Å². The summed E-state index contributed by atoms with van der Waals surface area (Å²) in [5.41, 5.74) is 2.90. The van der Waals surface area contributed by atoms with Crippen molar-refractivity contribution in [3.63, 3.8) is 0 Å². The second kappa shape index (κ2) is 13.3. The van der Waals surface area contributed by atoms with Crippen LogP contribution in [0.25, 0.3) is 33.5 Å². The molecule has 0 spiro atoms. The van der Waals surface area contributed by atoms with Gasteiger partial charge in [0.2, 0.25) is 0 Å². The van der Waals surface area contributed by atoms with Gasteiger partial charge >= 0.3 is 5.97 Å². The number of hydrogen-bond acceptors (Lipinski definition) is 4. The Labute approximate surface area is 270 Å². The number of carboxylic acids is 1. The first-order chi connectivity index (χ1) is 22.6. The molecule has 5 aromatic rings. The highest BCUT2D eigenvalue weighted by Crippen LogP contribution is 2.38. The highest BCUT2D eigenvalue weighted by Gasteiger charge is 2.25. The van der Waals surface area contributed by atoms with Crippen LogP contribution in [0.4, 0.5) is 13.2 Å². The van der Waals surface area contributed by atoms with Crippen LogP contribution >= 0.6 is 0 Å². The predicted octanol–water partition coefficient (Wildman–Crippen LogP) is 8.71. The molecule has 1 heterocycles. The summed E-state index contributed by atoms with van der Waals surface area (Å²) in [6, 6.07) is 17.2. The number of rotatable bonds is 9. The van der Waals surface area contributed by atoms with E-state index in [2.05, 4.69) is 5.32 Å². The molecule has 0 bridgehead atoms. The third-order valence-corrected chi connectivity index (χ3v) is 8.46. The maximum atomic E-state index is 15.9. The van der Waals surface area contributed by atoms with Crippen molar-refractivity contribution in [2.45, 2.75) is 64.6 Å². The molecule has 7 nitrogen and oxygen atoms in total. The van der Waals surface area contributed by atoms with Crippen LogP contribution in [0.3, 0.4) is 0 Å². The molecule has 6 rings (SSSR count). The van der Waals surface area contributed by atoms with Gasteiger partial charge in [0, 0.05) is 35.3 Å². The highest BCUT2D eigenvalue weighted by atomic mass is 19.1. The Bertz CT molecular complexity index is 1980. The summed E-state index contributed by atoms with van der Waals surface area (Å²) < 4.78 is 52.4. The van der Waals surface area contributed by atoms with Gasteiger partial charge in [0.05, 0.1) is 22.2 Å². The van der Waals surface area contributed by atoms with Gasteiger partial charge < -0.3 is 19.7 Å². The lowest BCUT2D eigenvalue weighted by atomic mass is 9.94. The Morgan fingerprint density at radius 2 is 1.57 bits per heavy atom. The van der Waals surface area contributed by atoms with Gasteiger partial charge in [0.1, 0.15) is 35.6 Å². The number of carbonyl (C=O) groups is 2. The van der Waals surface area contributed by atoms with Crippen molar-refractivity contribution in [2.75, 3.05) is 0 Å². The van der Waals surface area contributed by atoms with Crippen molar-refractivity contribution in [2.24, 2.45) is 0 Å². The van der Waals surface area contributed by atoms with Gasteiger partial charge in [-0.3, -0.25) is 4.79 Å². The maximum Gasteiger partial charge on any atom is 0.335 e. The van der Waals surface area contributed by atoms with Crippen molar-refractivity contribution in [3.05, 3.63) is 107 Å². The van der Waals surface area contributed by atoms with Gasteiger partial charge in [-0.05, 0) is 92.4 Å². The molecule has 1 saturated carbocycles. The van der Waals surface area contributed by atoms with E-state index in [4.69, 9.17) is 9.72 Å². The molecule has 1 aliphatic rings. The molecule has 0 atom stereocenters. The fourth-order valence-corrected chi connectivity index (χ4v) is 6.23. The largest absolute Gasteiger partial charge is 0.489 e. The van der Waals surface area contributed by atoms with Gasteiger partial charge in [0.15, 0.2) is 0 Å². The molecule has 4 aromatic carbocycles. The number of fused-ring (bicyclic) bond motifs is 1. The average Bonchev–Trinajstić information content (AvgIpc) is 3.42. The normalized spacial score (nSPS) is 13.7. The summed E-state index contributed by atoms with van der Waals surface area (Å²) in [5, 5.41) is 12.3. The Kier molecular flexibility index (Phi) is 9.02. The van der Waals surface area contributed by atoms with Crippen molar-refractivity contribution in [3.8, 4) is 28.3 Å². The van der Waals surface area contributed by atoms with Gasteiger partial charge in [-0.1, -0.05) is 25.3 Å². The van der Waals surface area contributed by atoms with Crippen LogP contribution in [-0.4, -0.2) is 32.6 Å². The standard InChI is InChI=1S/C37H34F3N3O4/c1-21(2)41-36(44)22-8-12-28(29-13-10-25(38)18-31(29)39)24(16-22)20-47-27-11-14-30(32(40)19-27)35-42-33-17-23(37(45)46)9-15-34(33)43(35)26-6-4-3-5-7-26/h8-19,21,26H,3-7,20H2,1-2H3,(H,41,44)(H,45,46). The van der Waals surface area contributed by atoms with E-state index in [1.807, 2.05) is 18.4 Å². The first kappa shape index (κ1) is 31.8. The van der Waals surface area contributed by atoms with Crippen LogP contribution in [0.2, 0.25) is 0 Å². The lowest BCUT2D eigenvalue weighted by Crippen LogP contribution is -2.30. The third-order valence-electron chi connectivity index (χ3n) is 8.46. The lowest BCUT2D eigenvalue weighted by molar-refractivity contribution is 0.0696. The number of nitrogens with one attached hydrogen (secondary N) is 1. The van der Waals surface area contributed by atoms with E-state index in [-0.39, 0.29) is 47.0 Å². The first-order valence-corrected chi connectivity index (χ1v) is 15.7. The molecule has 47 heavy (non-hydrogen) atoms. The summed E-state index contributed by atoms with van der Waals surface area (Å²) >= 11 is 0.